The van der Waals surface area contributed by atoms with E-state index < -0.39 is 48.5 Å². The second-order valence-electron chi connectivity index (χ2n) is 8.09. The van der Waals surface area contributed by atoms with Crippen LogP contribution in [0.4, 0.5) is 9.59 Å². The van der Waals surface area contributed by atoms with Gasteiger partial charge >= 0.3 is 18.0 Å². The molecule has 1 aliphatic carbocycles. The van der Waals surface area contributed by atoms with E-state index in [1.807, 2.05) is 26.1 Å². The van der Waals surface area contributed by atoms with Crippen LogP contribution >= 0.6 is 0 Å². The van der Waals surface area contributed by atoms with E-state index in [9.17, 15) is 24.0 Å². The van der Waals surface area contributed by atoms with Gasteiger partial charge < -0.3 is 15.4 Å². The Bertz CT molecular complexity index is 680. The van der Waals surface area contributed by atoms with Crippen molar-refractivity contribution >= 4 is 29.8 Å². The van der Waals surface area contributed by atoms with Crippen LogP contribution in [0, 0.1) is 11.8 Å². The number of hydrogen-bond donors (Lipinski definition) is 3. The van der Waals surface area contributed by atoms with Gasteiger partial charge in [0.1, 0.15) is 12.1 Å². The smallest absolute Gasteiger partial charge is 0.326 e. The third-order valence-corrected chi connectivity index (χ3v) is 5.41. The summed E-state index contributed by atoms with van der Waals surface area (Å²) < 4.78 is 4.80. The number of urea groups is 2. The number of hydrogen-bond acceptors (Lipinski definition) is 6. The van der Waals surface area contributed by atoms with Crippen molar-refractivity contribution in [2.24, 2.45) is 11.8 Å². The van der Waals surface area contributed by atoms with Gasteiger partial charge in [-0.15, -0.1) is 0 Å². The highest BCUT2D eigenvalue weighted by molar-refractivity contribution is 6.09. The molecule has 2 atom stereocenters. The molecular weight excluding hydrogens is 380 g/mol. The molecule has 10 nitrogen and oxygen atoms in total. The summed E-state index contributed by atoms with van der Waals surface area (Å²) in [4.78, 5) is 61.1. The fraction of sp³-hybridized carbons (Fsp3) is 0.737. The first-order valence-electron chi connectivity index (χ1n) is 10.0. The third-order valence-electron chi connectivity index (χ3n) is 5.41. The van der Waals surface area contributed by atoms with Crippen molar-refractivity contribution in [3.05, 3.63) is 0 Å². The summed E-state index contributed by atoms with van der Waals surface area (Å²) >= 11 is 0. The Labute approximate surface area is 170 Å². The normalized spacial score (nSPS) is 23.9. The number of carbonyl (C=O) groups is 5. The van der Waals surface area contributed by atoms with Crippen LogP contribution in [0.1, 0.15) is 52.9 Å². The lowest BCUT2D eigenvalue weighted by molar-refractivity contribution is -0.151. The highest BCUT2D eigenvalue weighted by Crippen LogP contribution is 2.38. The lowest BCUT2D eigenvalue weighted by atomic mass is 9.73. The lowest BCUT2D eigenvalue weighted by Crippen LogP contribution is -2.54. The number of esters is 1. The van der Waals surface area contributed by atoms with Crippen molar-refractivity contribution in [1.29, 1.82) is 0 Å². The van der Waals surface area contributed by atoms with Crippen LogP contribution in [0.5, 0.6) is 0 Å². The van der Waals surface area contributed by atoms with Gasteiger partial charge in [0.2, 0.25) is 0 Å². The summed E-state index contributed by atoms with van der Waals surface area (Å²) in [5.41, 5.74) is -0.957. The SMILES string of the molecule is CC(C)CCNC(=O)NC(=O)COC(=O)CN1C(=O)N[C@]2(CCCC[C@H]2C)C1=O. The minimum Gasteiger partial charge on any atom is -0.454 e. The van der Waals surface area contributed by atoms with E-state index in [0.29, 0.717) is 18.9 Å². The summed E-state index contributed by atoms with van der Waals surface area (Å²) in [6.45, 7) is 5.09. The minimum atomic E-state index is -0.957. The highest BCUT2D eigenvalue weighted by atomic mass is 16.5. The number of amides is 6. The number of nitrogens with one attached hydrogen (secondary N) is 3. The van der Waals surface area contributed by atoms with E-state index in [1.165, 1.54) is 0 Å². The maximum Gasteiger partial charge on any atom is 0.326 e. The predicted octanol–water partition coefficient (Wildman–Crippen LogP) is 0.902. The zero-order chi connectivity index (χ0) is 21.6. The fourth-order valence-electron chi connectivity index (χ4n) is 3.64. The molecule has 2 rings (SSSR count). The first-order chi connectivity index (χ1) is 13.7. The molecule has 0 bridgehead atoms. The molecule has 0 unspecified atom stereocenters. The van der Waals surface area contributed by atoms with Crippen LogP contribution in [-0.2, 0) is 19.1 Å². The molecule has 6 amide bonds. The second-order valence-corrected chi connectivity index (χ2v) is 8.09. The van der Waals surface area contributed by atoms with Crippen LogP contribution in [0.25, 0.3) is 0 Å². The van der Waals surface area contributed by atoms with Crippen LogP contribution < -0.4 is 16.0 Å². The van der Waals surface area contributed by atoms with E-state index >= 15 is 0 Å². The van der Waals surface area contributed by atoms with Crippen LogP contribution in [0.2, 0.25) is 0 Å². The first kappa shape index (κ1) is 22.6. The summed E-state index contributed by atoms with van der Waals surface area (Å²) in [6.07, 6.45) is 3.95. The summed E-state index contributed by atoms with van der Waals surface area (Å²) in [7, 11) is 0. The van der Waals surface area contributed by atoms with Gasteiger partial charge in [-0.05, 0) is 31.1 Å². The van der Waals surface area contributed by atoms with E-state index in [4.69, 9.17) is 4.74 Å². The molecule has 0 aromatic rings. The van der Waals surface area contributed by atoms with E-state index in [2.05, 4.69) is 10.6 Å². The molecule has 2 aliphatic rings. The van der Waals surface area contributed by atoms with Gasteiger partial charge in [0, 0.05) is 6.54 Å². The van der Waals surface area contributed by atoms with Crippen LogP contribution in [0.3, 0.4) is 0 Å². The predicted molar refractivity (Wildman–Crippen MR) is 103 cm³/mol. The van der Waals surface area contributed by atoms with Gasteiger partial charge in [-0.25, -0.2) is 9.59 Å². The van der Waals surface area contributed by atoms with E-state index in [1.54, 1.807) is 0 Å². The topological polar surface area (TPSA) is 134 Å². The van der Waals surface area contributed by atoms with Crippen molar-refractivity contribution in [1.82, 2.24) is 20.9 Å². The standard InChI is InChI=1S/C19H30N4O6/c1-12(2)7-9-20-17(27)21-14(24)11-29-15(25)10-23-16(26)19(22-18(23)28)8-5-4-6-13(19)3/h12-13H,4-11H2,1-3H3,(H,22,28)(H2,20,21,24,27)/t13-,19+/m1/s1. The van der Waals surface area contributed by atoms with Crippen molar-refractivity contribution < 1.29 is 28.7 Å². The molecule has 10 heteroatoms. The minimum absolute atomic E-state index is 0.0197. The Morgan fingerprint density at radius 3 is 2.66 bits per heavy atom. The zero-order valence-corrected chi connectivity index (χ0v) is 17.2. The van der Waals surface area contributed by atoms with Gasteiger partial charge in [-0.2, -0.15) is 0 Å². The van der Waals surface area contributed by atoms with Crippen molar-refractivity contribution in [3.63, 3.8) is 0 Å². The van der Waals surface area contributed by atoms with Crippen molar-refractivity contribution in [2.45, 2.75) is 58.4 Å². The van der Waals surface area contributed by atoms with Gasteiger partial charge in [0.15, 0.2) is 6.61 Å². The maximum absolute atomic E-state index is 12.8. The zero-order valence-electron chi connectivity index (χ0n) is 17.2. The summed E-state index contributed by atoms with van der Waals surface area (Å²) in [5, 5.41) is 7.31. The molecule has 0 aromatic heterocycles. The highest BCUT2D eigenvalue weighted by Gasteiger charge is 2.55. The Morgan fingerprint density at radius 2 is 2.00 bits per heavy atom. The number of nitrogens with zero attached hydrogens (tertiary/aromatic N) is 1. The van der Waals surface area contributed by atoms with E-state index in [0.717, 1.165) is 30.6 Å². The quantitative estimate of drug-likeness (QED) is 0.422. The Kier molecular flexibility index (Phi) is 7.58. The molecular formula is C19H30N4O6. The average Bonchev–Trinajstić information content (AvgIpc) is 2.87. The monoisotopic (exact) mass is 410 g/mol. The number of ether oxygens (including phenoxy) is 1. The average molecular weight is 410 g/mol. The van der Waals surface area contributed by atoms with Gasteiger partial charge in [-0.1, -0.05) is 33.6 Å². The number of rotatable bonds is 7. The first-order valence-corrected chi connectivity index (χ1v) is 10.0. The molecule has 2 fully saturated rings. The van der Waals surface area contributed by atoms with Crippen LogP contribution in [0.15, 0.2) is 0 Å². The molecule has 1 heterocycles. The second kappa shape index (κ2) is 9.71. The largest absolute Gasteiger partial charge is 0.454 e. The molecule has 1 saturated carbocycles. The Hall–Kier alpha value is -2.65. The van der Waals surface area contributed by atoms with Crippen molar-refractivity contribution in [2.75, 3.05) is 19.7 Å². The number of carbonyl (C=O) groups excluding carboxylic acids is 5. The van der Waals surface area contributed by atoms with Crippen molar-refractivity contribution in [3.8, 4) is 0 Å². The third kappa shape index (κ3) is 5.68. The van der Waals surface area contributed by atoms with Gasteiger partial charge in [-0.3, -0.25) is 24.6 Å². The molecule has 0 aromatic carbocycles. The maximum atomic E-state index is 12.8. The molecule has 3 N–H and O–H groups in total. The molecule has 29 heavy (non-hydrogen) atoms. The Morgan fingerprint density at radius 1 is 1.28 bits per heavy atom. The van der Waals surface area contributed by atoms with Gasteiger partial charge in [0.05, 0.1) is 0 Å². The summed E-state index contributed by atoms with van der Waals surface area (Å²) in [5.74, 6) is -1.73. The molecule has 1 spiro atoms. The summed E-state index contributed by atoms with van der Waals surface area (Å²) in [6, 6.07) is -1.30. The van der Waals surface area contributed by atoms with Crippen LogP contribution in [-0.4, -0.2) is 60.0 Å². The molecule has 162 valence electrons. The fourth-order valence-corrected chi connectivity index (χ4v) is 3.64. The molecule has 1 saturated heterocycles. The Balaban J connectivity index is 1.77. The lowest BCUT2D eigenvalue weighted by Gasteiger charge is -2.36. The number of imide groups is 2. The molecule has 0 radical (unpaired) electrons. The molecule has 1 aliphatic heterocycles. The van der Waals surface area contributed by atoms with Gasteiger partial charge in [0.25, 0.3) is 11.8 Å². The van der Waals surface area contributed by atoms with E-state index in [-0.39, 0.29) is 5.92 Å².